The third-order valence-corrected chi connectivity index (χ3v) is 3.21. The highest BCUT2D eigenvalue weighted by molar-refractivity contribution is 14.1. The van der Waals surface area contributed by atoms with Crippen LogP contribution >= 0.6 is 22.6 Å². The molecular formula is C10H15IN2. The Morgan fingerprint density at radius 1 is 1.15 bits per heavy atom. The van der Waals surface area contributed by atoms with E-state index < -0.39 is 0 Å². The van der Waals surface area contributed by atoms with Crippen LogP contribution in [-0.2, 0) is 6.42 Å². The van der Waals surface area contributed by atoms with Crippen LogP contribution in [0.1, 0.15) is 5.56 Å². The fourth-order valence-electron chi connectivity index (χ4n) is 1.21. The minimum Gasteiger partial charge on any atom is -0.316 e. The molecule has 72 valence electrons. The zero-order valence-electron chi connectivity index (χ0n) is 7.49. The lowest BCUT2D eigenvalue weighted by Crippen LogP contribution is -2.40. The van der Waals surface area contributed by atoms with Crippen molar-refractivity contribution in [3.05, 3.63) is 35.9 Å². The molecule has 1 atom stereocenters. The number of nitrogens with two attached hydrogens (primary N) is 2. The van der Waals surface area contributed by atoms with Gasteiger partial charge in [-0.05, 0) is 17.9 Å². The molecule has 0 bridgehead atoms. The quantitative estimate of drug-likeness (QED) is 0.502. The molecule has 0 saturated heterocycles. The number of hydrogen-bond donors (Lipinski definition) is 2. The van der Waals surface area contributed by atoms with Gasteiger partial charge >= 0.3 is 0 Å². The first-order valence-corrected chi connectivity index (χ1v) is 5.87. The van der Waals surface area contributed by atoms with E-state index in [2.05, 4.69) is 34.7 Å². The molecule has 0 heterocycles. The maximum atomic E-state index is 5.67. The van der Waals surface area contributed by atoms with E-state index in [1.165, 1.54) is 5.56 Å². The first-order chi connectivity index (χ1) is 6.24. The summed E-state index contributed by atoms with van der Waals surface area (Å²) < 4.78 is 1.00. The molecule has 4 N–H and O–H groups in total. The topological polar surface area (TPSA) is 52.0 Å². The molecule has 0 saturated carbocycles. The van der Waals surface area contributed by atoms with Crippen LogP contribution in [0.3, 0.4) is 0 Å². The Bertz CT molecular complexity index is 236. The van der Waals surface area contributed by atoms with Crippen LogP contribution in [0.5, 0.6) is 0 Å². The van der Waals surface area contributed by atoms with Crippen molar-refractivity contribution in [3.8, 4) is 0 Å². The molecule has 3 heteroatoms. The van der Waals surface area contributed by atoms with Gasteiger partial charge in [0, 0.05) is 4.43 Å². The van der Waals surface area contributed by atoms with Crippen molar-refractivity contribution in [1.29, 1.82) is 0 Å². The smallest absolute Gasteiger partial charge is 0.0560 e. The van der Waals surface area contributed by atoms with Gasteiger partial charge in [0.2, 0.25) is 0 Å². The van der Waals surface area contributed by atoms with Gasteiger partial charge in [-0.2, -0.15) is 0 Å². The van der Waals surface area contributed by atoms with Crippen LogP contribution in [-0.4, -0.2) is 10.6 Å². The second kappa shape index (κ2) is 5.57. The van der Waals surface area contributed by atoms with E-state index in [9.17, 15) is 0 Å². The minimum atomic E-state index is -0.211. The summed E-state index contributed by atoms with van der Waals surface area (Å²) in [7, 11) is 0. The van der Waals surface area contributed by atoms with Crippen molar-refractivity contribution >= 4 is 22.6 Å². The Morgan fingerprint density at radius 2 is 1.77 bits per heavy atom. The van der Waals surface area contributed by atoms with Gasteiger partial charge in [0.25, 0.3) is 0 Å². The third kappa shape index (κ3) is 3.62. The summed E-state index contributed by atoms with van der Waals surface area (Å²) in [6.45, 7) is 0. The molecule has 0 fully saturated rings. The third-order valence-electron chi connectivity index (χ3n) is 2.08. The summed E-state index contributed by atoms with van der Waals surface area (Å²) >= 11 is 2.33. The molecule has 1 aromatic carbocycles. The molecular weight excluding hydrogens is 275 g/mol. The van der Waals surface area contributed by atoms with E-state index in [1.54, 1.807) is 0 Å². The average molecular weight is 290 g/mol. The van der Waals surface area contributed by atoms with Gasteiger partial charge in [-0.1, -0.05) is 52.9 Å². The Hall–Kier alpha value is -0.130. The van der Waals surface area contributed by atoms with Gasteiger partial charge in [0.05, 0.1) is 6.17 Å². The Balaban J connectivity index is 2.57. The molecule has 0 radical (unpaired) electrons. The second-order valence-electron chi connectivity index (χ2n) is 3.18. The van der Waals surface area contributed by atoms with E-state index in [-0.39, 0.29) is 6.17 Å². The van der Waals surface area contributed by atoms with Crippen LogP contribution in [0.15, 0.2) is 30.3 Å². The van der Waals surface area contributed by atoms with Crippen molar-refractivity contribution < 1.29 is 0 Å². The standard InChI is InChI=1S/C10H15IN2/c11-7-9(10(12)13)6-8-4-2-1-3-5-8/h1-5,9-10H,6-7,12-13H2. The maximum Gasteiger partial charge on any atom is 0.0560 e. The van der Waals surface area contributed by atoms with Gasteiger partial charge in [0.1, 0.15) is 0 Å². The monoisotopic (exact) mass is 290 g/mol. The molecule has 13 heavy (non-hydrogen) atoms. The van der Waals surface area contributed by atoms with Crippen molar-refractivity contribution in [2.75, 3.05) is 4.43 Å². The van der Waals surface area contributed by atoms with Gasteiger partial charge in [0.15, 0.2) is 0 Å². The molecule has 0 aliphatic heterocycles. The molecule has 0 aliphatic carbocycles. The van der Waals surface area contributed by atoms with Crippen LogP contribution in [0.4, 0.5) is 0 Å². The predicted octanol–water partition coefficient (Wildman–Crippen LogP) is 1.52. The minimum absolute atomic E-state index is 0.211. The Labute approximate surface area is 92.8 Å². The Kier molecular flexibility index (Phi) is 4.69. The lowest BCUT2D eigenvalue weighted by Gasteiger charge is -2.17. The summed E-state index contributed by atoms with van der Waals surface area (Å²) in [5.74, 6) is 0.378. The molecule has 1 unspecified atom stereocenters. The van der Waals surface area contributed by atoms with E-state index in [0.717, 1.165) is 10.8 Å². The van der Waals surface area contributed by atoms with Gasteiger partial charge in [-0.15, -0.1) is 0 Å². The summed E-state index contributed by atoms with van der Waals surface area (Å²) in [4.78, 5) is 0. The van der Waals surface area contributed by atoms with Crippen LogP contribution in [0.2, 0.25) is 0 Å². The van der Waals surface area contributed by atoms with Crippen molar-refractivity contribution in [1.82, 2.24) is 0 Å². The SMILES string of the molecule is NC(N)C(CI)Cc1ccccc1. The highest BCUT2D eigenvalue weighted by Crippen LogP contribution is 2.11. The molecule has 2 nitrogen and oxygen atoms in total. The summed E-state index contributed by atoms with van der Waals surface area (Å²) in [6.07, 6.45) is 0.763. The van der Waals surface area contributed by atoms with Gasteiger partial charge in [-0.25, -0.2) is 0 Å². The van der Waals surface area contributed by atoms with E-state index >= 15 is 0 Å². The van der Waals surface area contributed by atoms with Crippen molar-refractivity contribution in [2.24, 2.45) is 17.4 Å². The predicted molar refractivity (Wildman–Crippen MR) is 64.7 cm³/mol. The van der Waals surface area contributed by atoms with Gasteiger partial charge < -0.3 is 11.5 Å². The maximum absolute atomic E-state index is 5.67. The fraction of sp³-hybridized carbons (Fsp3) is 0.400. The molecule has 0 spiro atoms. The zero-order valence-corrected chi connectivity index (χ0v) is 9.65. The average Bonchev–Trinajstić information content (AvgIpc) is 2.15. The van der Waals surface area contributed by atoms with Gasteiger partial charge in [-0.3, -0.25) is 0 Å². The first kappa shape index (κ1) is 10.9. The van der Waals surface area contributed by atoms with Crippen LogP contribution in [0.25, 0.3) is 0 Å². The van der Waals surface area contributed by atoms with E-state index in [0.29, 0.717) is 5.92 Å². The van der Waals surface area contributed by atoms with Crippen molar-refractivity contribution in [2.45, 2.75) is 12.6 Å². The first-order valence-electron chi connectivity index (χ1n) is 4.35. The molecule has 0 aromatic heterocycles. The molecule has 0 amide bonds. The lowest BCUT2D eigenvalue weighted by atomic mass is 9.99. The summed E-state index contributed by atoms with van der Waals surface area (Å²) in [5.41, 5.74) is 12.6. The highest BCUT2D eigenvalue weighted by atomic mass is 127. The Morgan fingerprint density at radius 3 is 2.23 bits per heavy atom. The number of alkyl halides is 1. The highest BCUT2D eigenvalue weighted by Gasteiger charge is 2.12. The molecule has 1 rings (SSSR count). The fourth-order valence-corrected chi connectivity index (χ4v) is 2.11. The normalized spacial score (nSPS) is 13.2. The second-order valence-corrected chi connectivity index (χ2v) is 4.06. The van der Waals surface area contributed by atoms with E-state index in [4.69, 9.17) is 11.5 Å². The number of halogens is 1. The van der Waals surface area contributed by atoms with Crippen molar-refractivity contribution in [3.63, 3.8) is 0 Å². The number of hydrogen-bond acceptors (Lipinski definition) is 2. The van der Waals surface area contributed by atoms with E-state index in [1.807, 2.05) is 18.2 Å². The summed E-state index contributed by atoms with van der Waals surface area (Å²) in [5, 5.41) is 0. The zero-order chi connectivity index (χ0) is 9.68. The lowest BCUT2D eigenvalue weighted by molar-refractivity contribution is 0.478. The number of benzene rings is 1. The largest absolute Gasteiger partial charge is 0.316 e. The van der Waals surface area contributed by atoms with Crippen LogP contribution in [0, 0.1) is 5.92 Å². The summed E-state index contributed by atoms with van der Waals surface area (Å²) in [6, 6.07) is 10.3. The number of rotatable bonds is 4. The molecule has 1 aromatic rings. The van der Waals surface area contributed by atoms with Crippen LogP contribution < -0.4 is 11.5 Å². The molecule has 0 aliphatic rings.